The average molecular weight is 254 g/mol. The van der Waals surface area contributed by atoms with Crippen molar-refractivity contribution in [1.82, 2.24) is 0 Å². The van der Waals surface area contributed by atoms with E-state index in [1.165, 1.54) is 18.2 Å². The maximum Gasteiger partial charge on any atom is 0.306 e. The Morgan fingerprint density at radius 2 is 2.11 bits per heavy atom. The molecule has 0 radical (unpaired) electrons. The molecule has 1 aromatic rings. The van der Waals surface area contributed by atoms with Crippen molar-refractivity contribution in [2.24, 2.45) is 0 Å². The highest BCUT2D eigenvalue weighted by Crippen LogP contribution is 2.31. The molecule has 0 spiro atoms. The molecule has 0 amide bonds. The number of rotatable bonds is 6. The van der Waals surface area contributed by atoms with Crippen LogP contribution in [0.15, 0.2) is 18.2 Å². The Kier molecular flexibility index (Phi) is 4.84. The van der Waals surface area contributed by atoms with Crippen molar-refractivity contribution in [2.75, 3.05) is 0 Å². The van der Waals surface area contributed by atoms with Crippen molar-refractivity contribution in [3.63, 3.8) is 0 Å². The molecule has 4 heteroatoms. The summed E-state index contributed by atoms with van der Waals surface area (Å²) in [7, 11) is 0. The van der Waals surface area contributed by atoms with Crippen LogP contribution in [0.5, 0.6) is 0 Å². The van der Waals surface area contributed by atoms with Crippen LogP contribution in [0.1, 0.15) is 43.7 Å². The fourth-order valence-electron chi connectivity index (χ4n) is 1.99. The van der Waals surface area contributed by atoms with Gasteiger partial charge in [0.15, 0.2) is 0 Å². The second-order valence-corrected chi connectivity index (χ2v) is 4.67. The Bertz CT molecular complexity index is 431. The quantitative estimate of drug-likeness (QED) is 0.820. The molecule has 0 saturated heterocycles. The maximum absolute atomic E-state index is 13.2. The summed E-state index contributed by atoms with van der Waals surface area (Å²) in [5.41, 5.74) is -0.537. The molecule has 18 heavy (non-hydrogen) atoms. The lowest BCUT2D eigenvalue weighted by Crippen LogP contribution is -2.29. The molecule has 100 valence electrons. The Labute approximate surface area is 106 Å². The number of hydrogen-bond acceptors (Lipinski definition) is 2. The summed E-state index contributed by atoms with van der Waals surface area (Å²) in [5.74, 6) is -1.41. The van der Waals surface area contributed by atoms with Gasteiger partial charge >= 0.3 is 5.97 Å². The van der Waals surface area contributed by atoms with Crippen molar-refractivity contribution in [3.8, 4) is 0 Å². The van der Waals surface area contributed by atoms with Crippen LogP contribution in [0.2, 0.25) is 0 Å². The van der Waals surface area contributed by atoms with Crippen LogP contribution in [0.3, 0.4) is 0 Å². The van der Waals surface area contributed by atoms with Crippen molar-refractivity contribution >= 4 is 5.97 Å². The van der Waals surface area contributed by atoms with Crippen molar-refractivity contribution in [1.29, 1.82) is 0 Å². The number of halogens is 1. The number of unbranched alkanes of at least 4 members (excludes halogenated alkanes) is 1. The fraction of sp³-hybridized carbons (Fsp3) is 0.500. The normalized spacial score (nSPS) is 14.2. The predicted molar refractivity (Wildman–Crippen MR) is 66.8 cm³/mol. The Morgan fingerprint density at radius 3 is 2.61 bits per heavy atom. The molecule has 0 bridgehead atoms. The smallest absolute Gasteiger partial charge is 0.306 e. The summed E-state index contributed by atoms with van der Waals surface area (Å²) in [4.78, 5) is 10.9. The first-order valence-corrected chi connectivity index (χ1v) is 6.10. The summed E-state index contributed by atoms with van der Waals surface area (Å²) in [6, 6.07) is 4.25. The van der Waals surface area contributed by atoms with Gasteiger partial charge in [-0.05, 0) is 30.5 Å². The van der Waals surface area contributed by atoms with Gasteiger partial charge in [0.1, 0.15) is 11.4 Å². The van der Waals surface area contributed by atoms with Crippen LogP contribution in [0.25, 0.3) is 0 Å². The SMILES string of the molecule is CCCCC(O)(CC(=O)O)c1ccc(F)c(C)c1. The lowest BCUT2D eigenvalue weighted by atomic mass is 9.85. The van der Waals surface area contributed by atoms with E-state index in [1.807, 2.05) is 6.92 Å². The van der Waals surface area contributed by atoms with Crippen LogP contribution in [-0.2, 0) is 10.4 Å². The monoisotopic (exact) mass is 254 g/mol. The summed E-state index contributed by atoms with van der Waals surface area (Å²) >= 11 is 0. The van der Waals surface area contributed by atoms with Gasteiger partial charge in [0.2, 0.25) is 0 Å². The minimum Gasteiger partial charge on any atom is -0.481 e. The molecule has 0 aliphatic rings. The fourth-order valence-corrected chi connectivity index (χ4v) is 1.99. The van der Waals surface area contributed by atoms with Gasteiger partial charge in [-0.1, -0.05) is 31.9 Å². The van der Waals surface area contributed by atoms with Crippen LogP contribution < -0.4 is 0 Å². The lowest BCUT2D eigenvalue weighted by Gasteiger charge is -2.27. The number of benzene rings is 1. The van der Waals surface area contributed by atoms with Gasteiger partial charge in [-0.2, -0.15) is 0 Å². The zero-order valence-electron chi connectivity index (χ0n) is 10.7. The summed E-state index contributed by atoms with van der Waals surface area (Å²) in [6.45, 7) is 3.57. The van der Waals surface area contributed by atoms with Crippen LogP contribution in [0, 0.1) is 12.7 Å². The zero-order valence-corrected chi connectivity index (χ0v) is 10.7. The highest BCUT2D eigenvalue weighted by molar-refractivity contribution is 5.68. The van der Waals surface area contributed by atoms with Crippen molar-refractivity contribution in [3.05, 3.63) is 35.1 Å². The van der Waals surface area contributed by atoms with Gasteiger partial charge in [0, 0.05) is 0 Å². The van der Waals surface area contributed by atoms with E-state index in [1.54, 1.807) is 6.92 Å². The van der Waals surface area contributed by atoms with Gasteiger partial charge in [0.05, 0.1) is 6.42 Å². The first-order valence-electron chi connectivity index (χ1n) is 6.10. The minimum atomic E-state index is -1.42. The van der Waals surface area contributed by atoms with E-state index in [-0.39, 0.29) is 12.2 Å². The first kappa shape index (κ1) is 14.6. The number of hydrogen-bond donors (Lipinski definition) is 2. The molecule has 0 saturated carbocycles. The number of carboxylic acids is 1. The van der Waals surface area contributed by atoms with Gasteiger partial charge in [0.25, 0.3) is 0 Å². The van der Waals surface area contributed by atoms with Gasteiger partial charge in [-0.25, -0.2) is 4.39 Å². The highest BCUT2D eigenvalue weighted by atomic mass is 19.1. The Balaban J connectivity index is 3.07. The molecule has 0 aliphatic heterocycles. The summed E-state index contributed by atoms with van der Waals surface area (Å²) in [6.07, 6.45) is 1.58. The largest absolute Gasteiger partial charge is 0.481 e. The van der Waals surface area contributed by atoms with Crippen LogP contribution in [0.4, 0.5) is 4.39 Å². The number of aliphatic carboxylic acids is 1. The van der Waals surface area contributed by atoms with Crippen LogP contribution in [-0.4, -0.2) is 16.2 Å². The summed E-state index contributed by atoms with van der Waals surface area (Å²) < 4.78 is 13.2. The topological polar surface area (TPSA) is 57.5 Å². The second-order valence-electron chi connectivity index (χ2n) is 4.67. The number of aliphatic hydroxyl groups is 1. The lowest BCUT2D eigenvalue weighted by molar-refractivity contribution is -0.143. The Hall–Kier alpha value is -1.42. The highest BCUT2D eigenvalue weighted by Gasteiger charge is 2.31. The van der Waals surface area contributed by atoms with Gasteiger partial charge in [-0.3, -0.25) is 4.79 Å². The third-order valence-electron chi connectivity index (χ3n) is 3.08. The van der Waals surface area contributed by atoms with Crippen molar-refractivity contribution in [2.45, 2.75) is 45.1 Å². The van der Waals surface area contributed by atoms with Crippen LogP contribution >= 0.6 is 0 Å². The van der Waals surface area contributed by atoms with E-state index in [2.05, 4.69) is 0 Å². The van der Waals surface area contributed by atoms with Gasteiger partial charge < -0.3 is 10.2 Å². The molecule has 2 N–H and O–H groups in total. The third kappa shape index (κ3) is 3.53. The summed E-state index contributed by atoms with van der Waals surface area (Å²) in [5, 5.41) is 19.4. The first-order chi connectivity index (χ1) is 8.39. The van der Waals surface area contributed by atoms with E-state index in [0.717, 1.165) is 12.8 Å². The molecule has 1 unspecified atom stereocenters. The molecule has 0 aromatic heterocycles. The molecule has 0 fully saturated rings. The van der Waals surface area contributed by atoms with E-state index in [9.17, 15) is 14.3 Å². The predicted octanol–water partition coefficient (Wildman–Crippen LogP) is 2.99. The van der Waals surface area contributed by atoms with Gasteiger partial charge in [-0.15, -0.1) is 0 Å². The molecule has 3 nitrogen and oxygen atoms in total. The maximum atomic E-state index is 13.2. The third-order valence-corrected chi connectivity index (χ3v) is 3.08. The van der Waals surface area contributed by atoms with E-state index in [4.69, 9.17) is 5.11 Å². The number of carbonyl (C=O) groups is 1. The molecule has 0 aliphatic carbocycles. The average Bonchev–Trinajstić information content (AvgIpc) is 2.29. The molecular formula is C14H19FO3. The molecule has 0 heterocycles. The van der Waals surface area contributed by atoms with E-state index in [0.29, 0.717) is 17.5 Å². The Morgan fingerprint density at radius 1 is 1.44 bits per heavy atom. The zero-order chi connectivity index (χ0) is 13.8. The molecule has 1 aromatic carbocycles. The number of carboxylic acid groups (broad SMARTS) is 1. The standard InChI is InChI=1S/C14H19FO3/c1-3-4-7-14(18,9-13(16)17)11-5-6-12(15)10(2)8-11/h5-6,8,18H,3-4,7,9H2,1-2H3,(H,16,17). The second kappa shape index (κ2) is 5.96. The molecular weight excluding hydrogens is 235 g/mol. The molecule has 1 atom stereocenters. The minimum absolute atomic E-state index is 0.355. The molecule has 1 rings (SSSR count). The number of aryl methyl sites for hydroxylation is 1. The van der Waals surface area contributed by atoms with E-state index >= 15 is 0 Å². The van der Waals surface area contributed by atoms with Crippen molar-refractivity contribution < 1.29 is 19.4 Å². The van der Waals surface area contributed by atoms with E-state index < -0.39 is 11.6 Å².